The van der Waals surface area contributed by atoms with Crippen molar-refractivity contribution in [1.82, 2.24) is 0 Å². The smallest absolute Gasteiger partial charge is 0.302 e. The van der Waals surface area contributed by atoms with E-state index < -0.39 is 0 Å². The van der Waals surface area contributed by atoms with Crippen molar-refractivity contribution in [2.24, 2.45) is 16.7 Å². The highest BCUT2D eigenvalue weighted by Gasteiger charge is 2.68. The maximum atomic E-state index is 11.7. The Labute approximate surface area is 90.2 Å². The van der Waals surface area contributed by atoms with Gasteiger partial charge in [0.25, 0.3) is 0 Å². The molecule has 0 radical (unpaired) electrons. The van der Waals surface area contributed by atoms with Crippen molar-refractivity contribution in [3.63, 3.8) is 0 Å². The van der Waals surface area contributed by atoms with Crippen LogP contribution in [0.1, 0.15) is 40.5 Å². The quantitative estimate of drug-likeness (QED) is 0.621. The van der Waals surface area contributed by atoms with E-state index in [1.165, 1.54) is 6.92 Å². The molecule has 2 fully saturated rings. The van der Waals surface area contributed by atoms with Gasteiger partial charge in [-0.05, 0) is 11.8 Å². The zero-order chi connectivity index (χ0) is 11.4. The lowest BCUT2D eigenvalue weighted by molar-refractivity contribution is -0.189. The second-order valence-electron chi connectivity index (χ2n) is 5.70. The highest BCUT2D eigenvalue weighted by atomic mass is 16.5. The lowest BCUT2D eigenvalue weighted by atomic mass is 9.52. The standard InChI is InChI=1S/C12H18O3/c1-7(13)15-10-5-8-9(14)6-11(2,3)12(8,10)4/h8,10H,5-6H2,1-4H3. The van der Waals surface area contributed by atoms with Gasteiger partial charge in [-0.3, -0.25) is 9.59 Å². The molecule has 0 bridgehead atoms. The number of hydrogen-bond donors (Lipinski definition) is 0. The van der Waals surface area contributed by atoms with E-state index in [2.05, 4.69) is 20.8 Å². The molecule has 0 N–H and O–H groups in total. The van der Waals surface area contributed by atoms with Crippen LogP contribution in [0.4, 0.5) is 0 Å². The van der Waals surface area contributed by atoms with Crippen LogP contribution in [0.5, 0.6) is 0 Å². The summed E-state index contributed by atoms with van der Waals surface area (Å²) in [5, 5.41) is 0. The van der Waals surface area contributed by atoms with Gasteiger partial charge in [0.15, 0.2) is 0 Å². The summed E-state index contributed by atoms with van der Waals surface area (Å²) in [4.78, 5) is 22.7. The van der Waals surface area contributed by atoms with Gasteiger partial charge in [-0.2, -0.15) is 0 Å². The Morgan fingerprint density at radius 3 is 2.47 bits per heavy atom. The second kappa shape index (κ2) is 2.83. The minimum absolute atomic E-state index is 0.0485. The highest BCUT2D eigenvalue weighted by Crippen LogP contribution is 2.65. The van der Waals surface area contributed by atoms with Crippen molar-refractivity contribution in [3.8, 4) is 0 Å². The van der Waals surface area contributed by atoms with Crippen molar-refractivity contribution in [2.75, 3.05) is 0 Å². The molecule has 0 aromatic heterocycles. The molecule has 15 heavy (non-hydrogen) atoms. The molecule has 0 aromatic carbocycles. The molecule has 3 atom stereocenters. The minimum Gasteiger partial charge on any atom is -0.462 e. The number of Topliss-reactive ketones (excluding diaryl/α,β-unsaturated/α-hetero) is 1. The first kappa shape index (κ1) is 10.7. The molecule has 2 saturated carbocycles. The average molecular weight is 210 g/mol. The van der Waals surface area contributed by atoms with E-state index in [-0.39, 0.29) is 28.8 Å². The van der Waals surface area contributed by atoms with Crippen LogP contribution in [0.15, 0.2) is 0 Å². The minimum atomic E-state index is -0.241. The van der Waals surface area contributed by atoms with Crippen molar-refractivity contribution in [1.29, 1.82) is 0 Å². The summed E-state index contributed by atoms with van der Waals surface area (Å²) in [5.74, 6) is 0.206. The lowest BCUT2D eigenvalue weighted by Gasteiger charge is -2.54. The molecule has 0 aromatic rings. The van der Waals surface area contributed by atoms with Crippen LogP contribution in [0.2, 0.25) is 0 Å². The van der Waals surface area contributed by atoms with Crippen molar-refractivity contribution < 1.29 is 14.3 Å². The van der Waals surface area contributed by atoms with Gasteiger partial charge in [0.05, 0.1) is 0 Å². The zero-order valence-corrected chi connectivity index (χ0v) is 9.79. The number of ether oxygens (including phenoxy) is 1. The number of carbonyl (C=O) groups is 2. The Kier molecular flexibility index (Phi) is 2.01. The molecule has 3 heteroatoms. The summed E-state index contributed by atoms with van der Waals surface area (Å²) < 4.78 is 5.30. The van der Waals surface area contributed by atoms with Gasteiger partial charge in [-0.15, -0.1) is 0 Å². The molecule has 0 saturated heterocycles. The van der Waals surface area contributed by atoms with Crippen LogP contribution < -0.4 is 0 Å². The Hall–Kier alpha value is -0.860. The monoisotopic (exact) mass is 210 g/mol. The van der Waals surface area contributed by atoms with Gasteiger partial charge in [0.1, 0.15) is 11.9 Å². The van der Waals surface area contributed by atoms with Crippen molar-refractivity contribution >= 4 is 11.8 Å². The largest absolute Gasteiger partial charge is 0.462 e. The van der Waals surface area contributed by atoms with Crippen LogP contribution in [-0.4, -0.2) is 17.9 Å². The summed E-state index contributed by atoms with van der Waals surface area (Å²) in [7, 11) is 0. The van der Waals surface area contributed by atoms with Crippen LogP contribution in [-0.2, 0) is 14.3 Å². The lowest BCUT2D eigenvalue weighted by Crippen LogP contribution is -2.57. The molecular formula is C12H18O3. The predicted molar refractivity (Wildman–Crippen MR) is 55.2 cm³/mol. The second-order valence-corrected chi connectivity index (χ2v) is 5.70. The Balaban J connectivity index is 2.24. The first-order valence-corrected chi connectivity index (χ1v) is 5.49. The summed E-state index contributed by atoms with van der Waals surface area (Å²) in [6.45, 7) is 7.71. The Bertz CT molecular complexity index is 332. The fraction of sp³-hybridized carbons (Fsp3) is 0.833. The summed E-state index contributed by atoms with van der Waals surface area (Å²) in [6.07, 6.45) is 1.27. The molecule has 0 aliphatic heterocycles. The molecule has 2 aliphatic carbocycles. The first-order chi connectivity index (χ1) is 6.79. The fourth-order valence-electron chi connectivity index (χ4n) is 3.26. The Morgan fingerprint density at radius 1 is 1.40 bits per heavy atom. The van der Waals surface area contributed by atoms with E-state index in [9.17, 15) is 9.59 Å². The third kappa shape index (κ3) is 1.18. The third-order valence-corrected chi connectivity index (χ3v) is 4.61. The summed E-state index contributed by atoms with van der Waals surface area (Å²) >= 11 is 0. The van der Waals surface area contributed by atoms with Gasteiger partial charge in [0.2, 0.25) is 0 Å². The summed E-state index contributed by atoms with van der Waals surface area (Å²) in [6, 6.07) is 0. The first-order valence-electron chi connectivity index (χ1n) is 5.49. The summed E-state index contributed by atoms with van der Waals surface area (Å²) in [5.41, 5.74) is -0.192. The number of carbonyl (C=O) groups excluding carboxylic acids is 2. The highest BCUT2D eigenvalue weighted by molar-refractivity contribution is 5.87. The molecule has 0 spiro atoms. The number of ketones is 1. The van der Waals surface area contributed by atoms with Gasteiger partial charge in [0, 0.05) is 24.7 Å². The van der Waals surface area contributed by atoms with E-state index in [0.717, 1.165) is 6.42 Å². The molecule has 2 aliphatic rings. The SMILES string of the molecule is CC(=O)OC1CC2C(=O)CC(C)(C)C12C. The van der Waals surface area contributed by atoms with Crippen LogP contribution >= 0.6 is 0 Å². The van der Waals surface area contributed by atoms with Gasteiger partial charge in [-0.1, -0.05) is 20.8 Å². The van der Waals surface area contributed by atoms with E-state index in [4.69, 9.17) is 4.74 Å². The number of fused-ring (bicyclic) bond motifs is 1. The maximum Gasteiger partial charge on any atom is 0.302 e. The zero-order valence-electron chi connectivity index (χ0n) is 9.79. The molecular weight excluding hydrogens is 192 g/mol. The van der Waals surface area contributed by atoms with E-state index >= 15 is 0 Å². The molecule has 2 rings (SSSR count). The molecule has 0 heterocycles. The third-order valence-electron chi connectivity index (χ3n) is 4.61. The van der Waals surface area contributed by atoms with Crippen molar-refractivity contribution in [2.45, 2.75) is 46.6 Å². The van der Waals surface area contributed by atoms with Crippen LogP contribution in [0.25, 0.3) is 0 Å². The molecule has 0 amide bonds. The van der Waals surface area contributed by atoms with E-state index in [0.29, 0.717) is 12.2 Å². The van der Waals surface area contributed by atoms with Crippen molar-refractivity contribution in [3.05, 3.63) is 0 Å². The number of rotatable bonds is 1. The fourth-order valence-corrected chi connectivity index (χ4v) is 3.26. The molecule has 3 nitrogen and oxygen atoms in total. The normalized spacial score (nSPS) is 42.0. The molecule has 84 valence electrons. The topological polar surface area (TPSA) is 43.4 Å². The predicted octanol–water partition coefficient (Wildman–Crippen LogP) is 1.94. The molecule has 3 unspecified atom stereocenters. The van der Waals surface area contributed by atoms with Crippen LogP contribution in [0.3, 0.4) is 0 Å². The number of esters is 1. The number of hydrogen-bond acceptors (Lipinski definition) is 3. The van der Waals surface area contributed by atoms with Gasteiger partial charge < -0.3 is 4.74 Å². The van der Waals surface area contributed by atoms with Crippen LogP contribution in [0, 0.1) is 16.7 Å². The van der Waals surface area contributed by atoms with E-state index in [1.807, 2.05) is 0 Å². The van der Waals surface area contributed by atoms with Gasteiger partial charge in [-0.25, -0.2) is 0 Å². The van der Waals surface area contributed by atoms with Gasteiger partial charge >= 0.3 is 5.97 Å². The maximum absolute atomic E-state index is 11.7. The Morgan fingerprint density at radius 2 is 2.00 bits per heavy atom. The average Bonchev–Trinajstić information content (AvgIpc) is 2.20. The van der Waals surface area contributed by atoms with E-state index in [1.54, 1.807) is 0 Å².